The summed E-state index contributed by atoms with van der Waals surface area (Å²) in [7, 11) is 4.47. The fourth-order valence-corrected chi connectivity index (χ4v) is 5.47. The van der Waals surface area contributed by atoms with Gasteiger partial charge in [-0.05, 0) is 39.0 Å². The molecule has 12 nitrogen and oxygen atoms in total. The van der Waals surface area contributed by atoms with Crippen LogP contribution in [0.2, 0.25) is 10.0 Å². The molecule has 0 bridgehead atoms. The molecule has 240 valence electrons. The summed E-state index contributed by atoms with van der Waals surface area (Å²) in [5, 5.41) is 21.4. The molecule has 0 fully saturated rings. The number of aliphatic hydroxyl groups excluding tert-OH is 1. The molecule has 1 aromatic carbocycles. The van der Waals surface area contributed by atoms with Gasteiger partial charge >= 0.3 is 0 Å². The number of nitrogens with zero attached hydrogens (tertiary/aromatic N) is 4. The highest BCUT2D eigenvalue weighted by molar-refractivity contribution is 6.41. The average molecular weight is 660 g/mol. The zero-order valence-corrected chi connectivity index (χ0v) is 27.4. The number of halogens is 2. The van der Waals surface area contributed by atoms with Gasteiger partial charge in [-0.1, -0.05) is 29.8 Å². The zero-order valence-electron chi connectivity index (χ0n) is 25.9. The number of ether oxygens (including phenoxy) is 3. The molecule has 4 aromatic rings. The molecular weight excluding hydrogens is 623 g/mol. The number of aromatic nitrogens is 4. The summed E-state index contributed by atoms with van der Waals surface area (Å²) < 4.78 is 19.1. The number of benzene rings is 1. The lowest BCUT2D eigenvalue weighted by Crippen LogP contribution is -2.43. The standard InChI is InChI=1S/C31H36Cl2N6O6/c1-8-24(40)36-20-15-35-39(9-10-43-5)29(20)19-12-18-17(14-34-19)11-21(38(30(18)42)16-25(41)37-31(2,3)4)26-27(32)22(44-6)13-23(45-7)28(26)33/h8,11-15,24,36,40H,1,9-10,16H2,2-7H3,(H,37,41)/t24-/m1/s1. The van der Waals surface area contributed by atoms with Gasteiger partial charge in [-0.2, -0.15) is 5.10 Å². The third-order valence-corrected chi connectivity index (χ3v) is 7.51. The van der Waals surface area contributed by atoms with E-state index in [2.05, 4.69) is 27.3 Å². The van der Waals surface area contributed by atoms with E-state index in [1.807, 2.05) is 20.8 Å². The number of methoxy groups -OCH3 is 3. The molecule has 1 amide bonds. The monoisotopic (exact) mass is 658 g/mol. The first-order valence-corrected chi connectivity index (χ1v) is 14.7. The fourth-order valence-electron chi connectivity index (χ4n) is 4.78. The van der Waals surface area contributed by atoms with Crippen LogP contribution in [0.5, 0.6) is 11.5 Å². The lowest BCUT2D eigenvalue weighted by molar-refractivity contribution is -0.123. The second-order valence-electron chi connectivity index (χ2n) is 11.1. The molecule has 0 unspecified atom stereocenters. The van der Waals surface area contributed by atoms with Crippen LogP contribution in [-0.4, -0.2) is 70.0 Å². The zero-order chi connectivity index (χ0) is 33.1. The van der Waals surface area contributed by atoms with Crippen molar-refractivity contribution in [1.82, 2.24) is 24.6 Å². The van der Waals surface area contributed by atoms with E-state index in [1.165, 1.54) is 31.1 Å². The smallest absolute Gasteiger partial charge is 0.259 e. The number of fused-ring (bicyclic) bond motifs is 1. The highest BCUT2D eigenvalue weighted by Crippen LogP contribution is 2.46. The summed E-state index contributed by atoms with van der Waals surface area (Å²) >= 11 is 13.5. The Balaban J connectivity index is 2.01. The minimum atomic E-state index is -1.06. The molecule has 3 aromatic heterocycles. The van der Waals surface area contributed by atoms with Crippen molar-refractivity contribution in [2.24, 2.45) is 0 Å². The predicted molar refractivity (Wildman–Crippen MR) is 175 cm³/mol. The van der Waals surface area contributed by atoms with Crippen LogP contribution in [0.3, 0.4) is 0 Å². The molecule has 3 heterocycles. The van der Waals surface area contributed by atoms with Crippen molar-refractivity contribution in [1.29, 1.82) is 0 Å². The number of pyridine rings is 2. The van der Waals surface area contributed by atoms with Gasteiger partial charge in [-0.25, -0.2) is 0 Å². The first-order chi connectivity index (χ1) is 21.3. The predicted octanol–water partition coefficient (Wildman–Crippen LogP) is 4.73. The van der Waals surface area contributed by atoms with Crippen molar-refractivity contribution in [2.75, 3.05) is 33.3 Å². The van der Waals surface area contributed by atoms with Gasteiger partial charge in [0.1, 0.15) is 30.0 Å². The third kappa shape index (κ3) is 7.25. The molecule has 0 radical (unpaired) electrons. The Morgan fingerprint density at radius 3 is 2.36 bits per heavy atom. The Kier molecular flexibility index (Phi) is 10.4. The van der Waals surface area contributed by atoms with E-state index >= 15 is 0 Å². The molecule has 45 heavy (non-hydrogen) atoms. The van der Waals surface area contributed by atoms with E-state index < -0.39 is 23.2 Å². The van der Waals surface area contributed by atoms with Crippen molar-refractivity contribution in [3.05, 3.63) is 63.6 Å². The maximum absolute atomic E-state index is 14.3. The van der Waals surface area contributed by atoms with Crippen molar-refractivity contribution in [3.63, 3.8) is 0 Å². The molecule has 0 aliphatic carbocycles. The lowest BCUT2D eigenvalue weighted by atomic mass is 10.0. The summed E-state index contributed by atoms with van der Waals surface area (Å²) in [6, 6.07) is 4.84. The molecule has 1 atom stereocenters. The van der Waals surface area contributed by atoms with Crippen LogP contribution >= 0.6 is 23.2 Å². The van der Waals surface area contributed by atoms with Gasteiger partial charge in [-0.3, -0.25) is 23.8 Å². The van der Waals surface area contributed by atoms with Gasteiger partial charge in [0, 0.05) is 35.9 Å². The molecule has 0 saturated heterocycles. The highest BCUT2D eigenvalue weighted by Gasteiger charge is 2.25. The second-order valence-corrected chi connectivity index (χ2v) is 11.9. The SMILES string of the molecule is C=C[C@@H](O)Nc1cnn(CCOC)c1-c1cc2c(=O)n(CC(=O)NC(C)(C)C)c(-c3c(Cl)c(OC)cc(OC)c3Cl)cc2cn1. The second kappa shape index (κ2) is 13.9. The van der Waals surface area contributed by atoms with E-state index in [-0.39, 0.29) is 44.7 Å². The molecular formula is C31H36Cl2N6O6. The minimum absolute atomic E-state index is 0.134. The van der Waals surface area contributed by atoms with Gasteiger partial charge in [0.2, 0.25) is 5.91 Å². The Labute approximate surface area is 270 Å². The van der Waals surface area contributed by atoms with Crippen LogP contribution in [0.1, 0.15) is 20.8 Å². The van der Waals surface area contributed by atoms with Crippen molar-refractivity contribution < 1.29 is 24.1 Å². The lowest BCUT2D eigenvalue weighted by Gasteiger charge is -2.23. The van der Waals surface area contributed by atoms with Crippen LogP contribution in [0, 0.1) is 0 Å². The number of hydrogen-bond acceptors (Lipinski definition) is 9. The molecule has 0 spiro atoms. The number of rotatable bonds is 12. The molecule has 0 saturated carbocycles. The Morgan fingerprint density at radius 1 is 1.11 bits per heavy atom. The summed E-state index contributed by atoms with van der Waals surface area (Å²) in [6.45, 7) is 9.53. The van der Waals surface area contributed by atoms with Gasteiger partial charge in [0.15, 0.2) is 0 Å². The first-order valence-electron chi connectivity index (χ1n) is 13.9. The van der Waals surface area contributed by atoms with Crippen LogP contribution in [0.15, 0.2) is 48.0 Å². The maximum atomic E-state index is 14.3. The quantitative estimate of drug-likeness (QED) is 0.145. The number of hydrogen-bond donors (Lipinski definition) is 3. The van der Waals surface area contributed by atoms with Crippen LogP contribution in [-0.2, 0) is 22.6 Å². The minimum Gasteiger partial charge on any atom is -0.495 e. The fraction of sp³-hybridized carbons (Fsp3) is 0.355. The Bertz CT molecular complexity index is 1770. The van der Waals surface area contributed by atoms with Crippen molar-refractivity contribution in [2.45, 2.75) is 45.6 Å². The van der Waals surface area contributed by atoms with Gasteiger partial charge in [0.25, 0.3) is 5.56 Å². The molecule has 0 aliphatic rings. The maximum Gasteiger partial charge on any atom is 0.259 e. The van der Waals surface area contributed by atoms with E-state index in [9.17, 15) is 14.7 Å². The number of amides is 1. The largest absolute Gasteiger partial charge is 0.495 e. The number of carbonyl (C=O) groups excluding carboxylic acids is 1. The van der Waals surface area contributed by atoms with Crippen molar-refractivity contribution >= 4 is 45.6 Å². The average Bonchev–Trinajstić information content (AvgIpc) is 3.38. The van der Waals surface area contributed by atoms with Gasteiger partial charge < -0.3 is 30.0 Å². The Hall–Kier alpha value is -4.10. The normalized spacial score (nSPS) is 12.2. The number of nitrogens with one attached hydrogen (secondary N) is 2. The van der Waals surface area contributed by atoms with Gasteiger partial charge in [-0.15, -0.1) is 0 Å². The van der Waals surface area contributed by atoms with Crippen LogP contribution in [0.25, 0.3) is 33.4 Å². The molecule has 14 heteroatoms. The van der Waals surface area contributed by atoms with E-state index in [0.717, 1.165) is 0 Å². The molecule has 3 N–H and O–H groups in total. The molecule has 4 rings (SSSR count). The number of carbonyl (C=O) groups is 1. The summed E-state index contributed by atoms with van der Waals surface area (Å²) in [6.07, 6.45) is 3.36. The highest BCUT2D eigenvalue weighted by atomic mass is 35.5. The summed E-state index contributed by atoms with van der Waals surface area (Å²) in [4.78, 5) is 32.2. The Morgan fingerprint density at radius 2 is 1.78 bits per heavy atom. The van der Waals surface area contributed by atoms with E-state index in [0.29, 0.717) is 35.6 Å². The van der Waals surface area contributed by atoms with E-state index in [1.54, 1.807) is 36.2 Å². The number of anilines is 1. The van der Waals surface area contributed by atoms with Crippen LogP contribution in [0.4, 0.5) is 5.69 Å². The third-order valence-electron chi connectivity index (χ3n) is 6.76. The van der Waals surface area contributed by atoms with Gasteiger partial charge in [0.05, 0.1) is 66.1 Å². The summed E-state index contributed by atoms with van der Waals surface area (Å²) in [5.74, 6) is 0.139. The number of aliphatic hydroxyl groups is 1. The topological polar surface area (TPSA) is 142 Å². The van der Waals surface area contributed by atoms with E-state index in [4.69, 9.17) is 37.4 Å². The first kappa shape index (κ1) is 33.8. The van der Waals surface area contributed by atoms with Crippen molar-refractivity contribution in [3.8, 4) is 34.1 Å². The molecule has 0 aliphatic heterocycles. The summed E-state index contributed by atoms with van der Waals surface area (Å²) in [5.41, 5.74) is 0.845. The van der Waals surface area contributed by atoms with Crippen LogP contribution < -0.4 is 25.7 Å².